The summed E-state index contributed by atoms with van der Waals surface area (Å²) in [5.74, 6) is 1.34. The number of aryl methyl sites for hydroxylation is 1. The van der Waals surface area contributed by atoms with Crippen LogP contribution >= 0.6 is 0 Å². The number of unbranched alkanes of at least 4 members (excludes halogenated alkanes) is 1. The van der Waals surface area contributed by atoms with Crippen molar-refractivity contribution in [3.63, 3.8) is 0 Å². The molecule has 1 aromatic carbocycles. The van der Waals surface area contributed by atoms with E-state index < -0.39 is 0 Å². The van der Waals surface area contributed by atoms with Crippen molar-refractivity contribution in [1.29, 1.82) is 0 Å². The summed E-state index contributed by atoms with van der Waals surface area (Å²) in [6.07, 6.45) is 11.8. The number of rotatable bonds is 8. The van der Waals surface area contributed by atoms with E-state index >= 15 is 0 Å². The van der Waals surface area contributed by atoms with Crippen molar-refractivity contribution in [3.05, 3.63) is 84.3 Å². The predicted molar refractivity (Wildman–Crippen MR) is 133 cm³/mol. The first-order valence-electron chi connectivity index (χ1n) is 11.8. The van der Waals surface area contributed by atoms with Crippen molar-refractivity contribution in [1.82, 2.24) is 24.5 Å². The highest BCUT2D eigenvalue weighted by molar-refractivity contribution is 5.78. The average Bonchev–Trinajstić information content (AvgIpc) is 3.44. The Bertz CT molecular complexity index is 1280. The second-order valence-corrected chi connectivity index (χ2v) is 8.37. The molecule has 0 spiro atoms. The number of hydrogen-bond donors (Lipinski definition) is 1. The third-order valence-corrected chi connectivity index (χ3v) is 5.99. The first kappa shape index (κ1) is 21.9. The number of hydrogen-bond acceptors (Lipinski definition) is 5. The lowest BCUT2D eigenvalue weighted by atomic mass is 10.1. The van der Waals surface area contributed by atoms with E-state index in [4.69, 9.17) is 9.97 Å². The normalized spacial score (nSPS) is 15.1. The Morgan fingerprint density at radius 1 is 1.06 bits per heavy atom. The molecule has 7 heteroatoms. The van der Waals surface area contributed by atoms with Crippen molar-refractivity contribution in [3.8, 4) is 22.6 Å². The van der Waals surface area contributed by atoms with Gasteiger partial charge in [-0.2, -0.15) is 0 Å². The maximum atomic E-state index is 13.6. The Hall–Kier alpha value is -3.87. The molecule has 1 aliphatic heterocycles. The molecule has 0 saturated heterocycles. The van der Waals surface area contributed by atoms with Gasteiger partial charge in [-0.1, -0.05) is 25.5 Å². The number of fused-ring (bicyclic) bond motifs is 1. The minimum atomic E-state index is -0.266. The molecular weight excluding hydrogens is 427 g/mol. The second-order valence-electron chi connectivity index (χ2n) is 8.37. The summed E-state index contributed by atoms with van der Waals surface area (Å²) in [7, 11) is 0. The minimum Gasteiger partial charge on any atom is -0.354 e. The number of allylic oxidation sites excluding steroid dienone is 1. The van der Waals surface area contributed by atoms with Crippen LogP contribution in [0.3, 0.4) is 0 Å². The summed E-state index contributed by atoms with van der Waals surface area (Å²) >= 11 is 0. The van der Waals surface area contributed by atoms with Crippen LogP contribution in [0.5, 0.6) is 0 Å². The fourth-order valence-corrected chi connectivity index (χ4v) is 4.29. The average molecular weight is 455 g/mol. The predicted octanol–water partition coefficient (Wildman–Crippen LogP) is 5.95. The van der Waals surface area contributed by atoms with Crippen molar-refractivity contribution in [2.75, 3.05) is 11.9 Å². The van der Waals surface area contributed by atoms with Gasteiger partial charge in [0.15, 0.2) is 0 Å². The maximum Gasteiger partial charge on any atom is 0.223 e. The second kappa shape index (κ2) is 9.95. The molecule has 1 N–H and O–H groups in total. The molecule has 4 heterocycles. The number of nitrogens with one attached hydrogen (secondary N) is 1. The van der Waals surface area contributed by atoms with E-state index in [0.29, 0.717) is 5.95 Å². The van der Waals surface area contributed by atoms with Crippen LogP contribution in [0.4, 0.5) is 10.3 Å². The fraction of sp³-hybridized carbons (Fsp3) is 0.259. The van der Waals surface area contributed by atoms with Gasteiger partial charge in [-0.15, -0.1) is 0 Å². The quantitative estimate of drug-likeness (QED) is 0.333. The van der Waals surface area contributed by atoms with E-state index in [1.54, 1.807) is 24.5 Å². The smallest absolute Gasteiger partial charge is 0.223 e. The SMILES string of the molecule is CCCCNc1nccc(-c2c(-c3ccc(F)cc3)nc3n2C(C=Cc2ccccn2)CC3)n1. The third-order valence-electron chi connectivity index (χ3n) is 5.99. The summed E-state index contributed by atoms with van der Waals surface area (Å²) in [6.45, 7) is 2.98. The summed E-state index contributed by atoms with van der Waals surface area (Å²) in [5.41, 5.74) is 4.32. The van der Waals surface area contributed by atoms with Crippen molar-refractivity contribution < 1.29 is 4.39 Å². The molecule has 172 valence electrons. The first-order chi connectivity index (χ1) is 16.7. The zero-order chi connectivity index (χ0) is 23.3. The highest BCUT2D eigenvalue weighted by atomic mass is 19.1. The van der Waals surface area contributed by atoms with Crippen LogP contribution in [0.2, 0.25) is 0 Å². The summed E-state index contributed by atoms with van der Waals surface area (Å²) in [4.78, 5) is 18.6. The molecule has 0 saturated carbocycles. The van der Waals surface area contributed by atoms with Crippen LogP contribution in [-0.2, 0) is 6.42 Å². The van der Waals surface area contributed by atoms with Crippen molar-refractivity contribution in [2.24, 2.45) is 0 Å². The Labute approximate surface area is 198 Å². The lowest BCUT2D eigenvalue weighted by Gasteiger charge is -2.15. The molecule has 0 aliphatic carbocycles. The van der Waals surface area contributed by atoms with Gasteiger partial charge in [0.05, 0.1) is 28.8 Å². The number of nitrogens with zero attached hydrogens (tertiary/aromatic N) is 5. The lowest BCUT2D eigenvalue weighted by molar-refractivity contribution is 0.628. The maximum absolute atomic E-state index is 13.6. The van der Waals surface area contributed by atoms with Gasteiger partial charge in [-0.05, 0) is 61.4 Å². The van der Waals surface area contributed by atoms with E-state index in [9.17, 15) is 4.39 Å². The third kappa shape index (κ3) is 4.59. The lowest BCUT2D eigenvalue weighted by Crippen LogP contribution is -2.08. The number of pyridine rings is 1. The Morgan fingerprint density at radius 3 is 2.74 bits per heavy atom. The van der Waals surface area contributed by atoms with E-state index in [1.165, 1.54) is 12.1 Å². The van der Waals surface area contributed by atoms with E-state index in [2.05, 4.69) is 38.9 Å². The molecule has 1 atom stereocenters. The summed E-state index contributed by atoms with van der Waals surface area (Å²) in [6, 6.07) is 14.4. The molecule has 5 rings (SSSR count). The molecule has 0 bridgehead atoms. The number of benzene rings is 1. The molecule has 1 unspecified atom stereocenters. The molecule has 0 amide bonds. The standard InChI is InChI=1S/C27H27FN6/c1-2-3-16-30-27-31-18-15-23(32-27)26-25(19-7-9-20(28)10-8-19)33-24-14-13-22(34(24)26)12-11-21-6-4-5-17-29-21/h4-12,15,17-18,22H,2-3,13-14,16H2,1H3,(H,30,31,32). The number of aromatic nitrogens is 5. The summed E-state index contributed by atoms with van der Waals surface area (Å²) in [5, 5.41) is 3.32. The zero-order valence-corrected chi connectivity index (χ0v) is 19.2. The van der Waals surface area contributed by atoms with Gasteiger partial charge in [0.25, 0.3) is 0 Å². The topological polar surface area (TPSA) is 68.5 Å². The van der Waals surface area contributed by atoms with Gasteiger partial charge in [0, 0.05) is 30.9 Å². The Morgan fingerprint density at radius 2 is 1.94 bits per heavy atom. The van der Waals surface area contributed by atoms with Gasteiger partial charge in [0.1, 0.15) is 11.6 Å². The molecule has 1 aliphatic rings. The first-order valence-corrected chi connectivity index (χ1v) is 11.8. The van der Waals surface area contributed by atoms with Crippen molar-refractivity contribution in [2.45, 2.75) is 38.6 Å². The zero-order valence-electron chi connectivity index (χ0n) is 19.2. The van der Waals surface area contributed by atoms with Gasteiger partial charge in [-0.25, -0.2) is 19.3 Å². The molecule has 4 aromatic rings. The Kier molecular flexibility index (Phi) is 6.42. The molecule has 6 nitrogen and oxygen atoms in total. The fourth-order valence-electron chi connectivity index (χ4n) is 4.29. The summed E-state index contributed by atoms with van der Waals surface area (Å²) < 4.78 is 15.9. The number of halogens is 1. The van der Waals surface area contributed by atoms with Crippen LogP contribution in [-0.4, -0.2) is 31.0 Å². The van der Waals surface area contributed by atoms with Gasteiger partial charge < -0.3 is 9.88 Å². The Balaban J connectivity index is 1.58. The molecule has 0 fully saturated rings. The van der Waals surface area contributed by atoms with E-state index in [1.807, 2.05) is 24.3 Å². The molecule has 0 radical (unpaired) electrons. The van der Waals surface area contributed by atoms with Crippen LogP contribution < -0.4 is 5.32 Å². The number of imidazole rings is 1. The van der Waals surface area contributed by atoms with Gasteiger partial charge in [0.2, 0.25) is 5.95 Å². The van der Waals surface area contributed by atoms with Gasteiger partial charge >= 0.3 is 0 Å². The van der Waals surface area contributed by atoms with E-state index in [0.717, 1.165) is 66.4 Å². The minimum absolute atomic E-state index is 0.125. The van der Waals surface area contributed by atoms with E-state index in [-0.39, 0.29) is 11.9 Å². The monoisotopic (exact) mass is 454 g/mol. The van der Waals surface area contributed by atoms with Gasteiger partial charge in [-0.3, -0.25) is 4.98 Å². The van der Waals surface area contributed by atoms with Crippen molar-refractivity contribution >= 4 is 12.0 Å². The van der Waals surface area contributed by atoms with Crippen LogP contribution in [0, 0.1) is 5.82 Å². The molecule has 34 heavy (non-hydrogen) atoms. The largest absolute Gasteiger partial charge is 0.354 e. The molecular formula is C27H27FN6. The number of anilines is 1. The highest BCUT2D eigenvalue weighted by Crippen LogP contribution is 2.39. The van der Waals surface area contributed by atoms with Crippen LogP contribution in [0.25, 0.3) is 28.7 Å². The van der Waals surface area contributed by atoms with Crippen LogP contribution in [0.1, 0.15) is 43.7 Å². The highest BCUT2D eigenvalue weighted by Gasteiger charge is 2.29. The molecule has 3 aromatic heterocycles. The van der Waals surface area contributed by atoms with Crippen LogP contribution in [0.15, 0.2) is 67.0 Å².